The smallest absolute Gasteiger partial charge is 0.290 e. The molecule has 2 aliphatic heterocycles. The van der Waals surface area contributed by atoms with Crippen LogP contribution in [0.5, 0.6) is 0 Å². The van der Waals surface area contributed by atoms with Gasteiger partial charge in [0, 0.05) is 25.8 Å². The molecule has 0 spiro atoms. The van der Waals surface area contributed by atoms with Crippen LogP contribution in [0.25, 0.3) is 17.2 Å². The van der Waals surface area contributed by atoms with Crippen molar-refractivity contribution in [3.63, 3.8) is 0 Å². The molecule has 3 heterocycles. The molecule has 8 heteroatoms. The van der Waals surface area contributed by atoms with Crippen molar-refractivity contribution >= 4 is 34.9 Å². The van der Waals surface area contributed by atoms with E-state index in [-0.39, 0.29) is 11.1 Å². The SMILES string of the molecule is Cc1cccc(-c2ccccc2CNCC2CCN(c3nccc(/C=C4\SC(=O)NC4=O)n3)CC2)c1. The van der Waals surface area contributed by atoms with Gasteiger partial charge in [0.2, 0.25) is 5.95 Å². The summed E-state index contributed by atoms with van der Waals surface area (Å²) < 4.78 is 0. The maximum atomic E-state index is 11.8. The summed E-state index contributed by atoms with van der Waals surface area (Å²) >= 11 is 0.897. The molecule has 0 unspecified atom stereocenters. The van der Waals surface area contributed by atoms with Crippen LogP contribution in [0, 0.1) is 12.8 Å². The molecule has 2 N–H and O–H groups in total. The van der Waals surface area contributed by atoms with Crippen LogP contribution in [0.4, 0.5) is 10.7 Å². The van der Waals surface area contributed by atoms with Gasteiger partial charge in [0.05, 0.1) is 10.6 Å². The highest BCUT2D eigenvalue weighted by atomic mass is 32.2. The first-order valence-electron chi connectivity index (χ1n) is 12.2. The highest BCUT2D eigenvalue weighted by Gasteiger charge is 2.25. The van der Waals surface area contributed by atoms with Crippen LogP contribution < -0.4 is 15.5 Å². The van der Waals surface area contributed by atoms with Gasteiger partial charge in [-0.2, -0.15) is 0 Å². The van der Waals surface area contributed by atoms with Crippen LogP contribution in [0.1, 0.15) is 29.7 Å². The van der Waals surface area contributed by atoms with Gasteiger partial charge in [0.25, 0.3) is 11.1 Å². The maximum Gasteiger partial charge on any atom is 0.290 e. The molecule has 2 aliphatic rings. The molecule has 0 saturated carbocycles. The molecule has 2 saturated heterocycles. The highest BCUT2D eigenvalue weighted by molar-refractivity contribution is 8.18. The molecule has 2 aromatic carbocycles. The number of anilines is 1. The molecule has 3 aromatic rings. The third kappa shape index (κ3) is 5.83. The second-order valence-electron chi connectivity index (χ2n) is 9.22. The van der Waals surface area contributed by atoms with E-state index in [2.05, 4.69) is 81.0 Å². The Balaban J connectivity index is 1.14. The Hall–Kier alpha value is -3.49. The summed E-state index contributed by atoms with van der Waals surface area (Å²) in [5.74, 6) is 0.889. The Kier molecular flexibility index (Phi) is 7.44. The van der Waals surface area contributed by atoms with E-state index in [4.69, 9.17) is 0 Å². The number of nitrogens with zero attached hydrogens (tertiary/aromatic N) is 3. The second-order valence-corrected chi connectivity index (χ2v) is 10.2. The van der Waals surface area contributed by atoms with Gasteiger partial charge >= 0.3 is 0 Å². The molecular weight excluding hydrogens is 470 g/mol. The van der Waals surface area contributed by atoms with Crippen molar-refractivity contribution in [2.45, 2.75) is 26.3 Å². The zero-order chi connectivity index (χ0) is 24.9. The predicted octanol–water partition coefficient (Wildman–Crippen LogP) is 4.78. The number of aryl methyl sites for hydroxylation is 1. The van der Waals surface area contributed by atoms with Crippen LogP contribution >= 0.6 is 11.8 Å². The zero-order valence-electron chi connectivity index (χ0n) is 20.2. The molecule has 0 atom stereocenters. The lowest BCUT2D eigenvalue weighted by atomic mass is 9.96. The molecule has 7 nitrogen and oxygen atoms in total. The standard InChI is InChI=1S/C28H29N5O2S/c1-19-5-4-7-21(15-19)24-8-3-2-6-22(24)18-29-17-20-10-13-33(14-11-20)27-30-12-9-23(31-27)16-25-26(34)32-28(35)36-25/h2-9,12,15-16,20,29H,10-11,13-14,17-18H2,1H3,(H,32,34,35)/b25-16-. The summed E-state index contributed by atoms with van der Waals surface area (Å²) in [6, 6.07) is 19.0. The number of nitrogens with one attached hydrogen (secondary N) is 2. The van der Waals surface area contributed by atoms with E-state index >= 15 is 0 Å². The lowest BCUT2D eigenvalue weighted by Gasteiger charge is -2.32. The van der Waals surface area contributed by atoms with Crippen LogP contribution in [0.2, 0.25) is 0 Å². The monoisotopic (exact) mass is 499 g/mol. The van der Waals surface area contributed by atoms with Gasteiger partial charge in [-0.1, -0.05) is 54.1 Å². The minimum Gasteiger partial charge on any atom is -0.341 e. The van der Waals surface area contributed by atoms with Gasteiger partial charge in [0.1, 0.15) is 0 Å². The summed E-state index contributed by atoms with van der Waals surface area (Å²) in [6.45, 7) is 5.73. The zero-order valence-corrected chi connectivity index (χ0v) is 21.1. The molecule has 1 aromatic heterocycles. The number of aromatic nitrogens is 2. The van der Waals surface area contributed by atoms with Crippen LogP contribution in [0.15, 0.2) is 65.7 Å². The topological polar surface area (TPSA) is 87.2 Å². The number of hydrogen-bond donors (Lipinski definition) is 2. The fourth-order valence-electron chi connectivity index (χ4n) is 4.67. The quantitative estimate of drug-likeness (QED) is 0.452. The number of amides is 2. The molecule has 184 valence electrons. The molecule has 2 amide bonds. The number of thioether (sulfide) groups is 1. The Morgan fingerprint density at radius 1 is 1.11 bits per heavy atom. The molecule has 2 fully saturated rings. The first-order valence-corrected chi connectivity index (χ1v) is 13.1. The van der Waals surface area contributed by atoms with Gasteiger partial charge in [-0.15, -0.1) is 0 Å². The molecular formula is C28H29N5O2S. The van der Waals surface area contributed by atoms with Crippen molar-refractivity contribution in [2.24, 2.45) is 5.92 Å². The fourth-order valence-corrected chi connectivity index (χ4v) is 5.33. The van der Waals surface area contributed by atoms with Gasteiger partial charge in [0.15, 0.2) is 0 Å². The normalized spacial score (nSPS) is 17.6. The minimum absolute atomic E-state index is 0.352. The third-order valence-corrected chi connectivity index (χ3v) is 7.39. The van der Waals surface area contributed by atoms with E-state index in [1.165, 1.54) is 22.3 Å². The Labute approximate surface area is 215 Å². The number of carbonyl (C=O) groups is 2. The van der Waals surface area contributed by atoms with Crippen molar-refractivity contribution in [3.05, 3.63) is 82.5 Å². The summed E-state index contributed by atoms with van der Waals surface area (Å²) in [5, 5.41) is 5.60. The van der Waals surface area contributed by atoms with E-state index in [0.29, 0.717) is 22.5 Å². The van der Waals surface area contributed by atoms with E-state index in [1.807, 2.05) is 0 Å². The number of rotatable bonds is 7. The average molecular weight is 500 g/mol. The first-order chi connectivity index (χ1) is 17.5. The number of hydrogen-bond acceptors (Lipinski definition) is 7. The van der Waals surface area contributed by atoms with Gasteiger partial charge in [-0.05, 0) is 72.8 Å². The van der Waals surface area contributed by atoms with E-state index in [9.17, 15) is 9.59 Å². The van der Waals surface area contributed by atoms with E-state index in [0.717, 1.165) is 50.8 Å². The molecule has 0 radical (unpaired) electrons. The number of carbonyl (C=O) groups excluding carboxylic acids is 2. The third-order valence-electron chi connectivity index (χ3n) is 6.58. The summed E-state index contributed by atoms with van der Waals surface area (Å²) in [4.78, 5) is 34.8. The Morgan fingerprint density at radius 2 is 1.94 bits per heavy atom. The first kappa shape index (κ1) is 24.2. The summed E-state index contributed by atoms with van der Waals surface area (Å²) in [5.41, 5.74) is 5.76. The minimum atomic E-state index is -0.375. The van der Waals surface area contributed by atoms with Crippen LogP contribution in [-0.2, 0) is 11.3 Å². The number of imide groups is 1. The van der Waals surface area contributed by atoms with Crippen molar-refractivity contribution in [2.75, 3.05) is 24.5 Å². The van der Waals surface area contributed by atoms with E-state index in [1.54, 1.807) is 18.3 Å². The van der Waals surface area contributed by atoms with E-state index < -0.39 is 0 Å². The Bertz CT molecular complexity index is 1300. The Morgan fingerprint density at radius 3 is 2.72 bits per heavy atom. The van der Waals surface area contributed by atoms with Crippen molar-refractivity contribution < 1.29 is 9.59 Å². The van der Waals surface area contributed by atoms with Crippen molar-refractivity contribution in [3.8, 4) is 11.1 Å². The second kappa shape index (κ2) is 11.1. The number of benzene rings is 2. The summed E-state index contributed by atoms with van der Waals surface area (Å²) in [7, 11) is 0. The largest absolute Gasteiger partial charge is 0.341 e. The van der Waals surface area contributed by atoms with Crippen LogP contribution in [-0.4, -0.2) is 40.7 Å². The van der Waals surface area contributed by atoms with Crippen LogP contribution in [0.3, 0.4) is 0 Å². The molecule has 0 aliphatic carbocycles. The predicted molar refractivity (Wildman–Crippen MR) is 144 cm³/mol. The molecule has 5 rings (SSSR count). The number of piperidine rings is 1. The average Bonchev–Trinajstić information content (AvgIpc) is 3.21. The highest BCUT2D eigenvalue weighted by Crippen LogP contribution is 2.27. The maximum absolute atomic E-state index is 11.8. The van der Waals surface area contributed by atoms with Gasteiger partial charge in [-0.3, -0.25) is 14.9 Å². The lowest BCUT2D eigenvalue weighted by molar-refractivity contribution is -0.115. The summed E-state index contributed by atoms with van der Waals surface area (Å²) in [6.07, 6.45) is 5.47. The van der Waals surface area contributed by atoms with Crippen molar-refractivity contribution in [1.29, 1.82) is 0 Å². The fraction of sp³-hybridized carbons (Fsp3) is 0.286. The van der Waals surface area contributed by atoms with Gasteiger partial charge in [-0.25, -0.2) is 9.97 Å². The molecule has 36 heavy (non-hydrogen) atoms. The van der Waals surface area contributed by atoms with Gasteiger partial charge < -0.3 is 10.2 Å². The lowest BCUT2D eigenvalue weighted by Crippen LogP contribution is -2.38. The van der Waals surface area contributed by atoms with Crippen molar-refractivity contribution in [1.82, 2.24) is 20.6 Å². The molecule has 0 bridgehead atoms.